The predicted molar refractivity (Wildman–Crippen MR) is 115 cm³/mol. The number of H-pyrrole nitrogens is 1. The highest BCUT2D eigenvalue weighted by Gasteiger charge is 2.43. The summed E-state index contributed by atoms with van der Waals surface area (Å²) < 4.78 is 5.43. The van der Waals surface area contributed by atoms with Gasteiger partial charge in [0.05, 0.1) is 17.1 Å². The van der Waals surface area contributed by atoms with Crippen molar-refractivity contribution < 1.29 is 14.3 Å². The number of nitriles is 1. The minimum absolute atomic E-state index is 0.0346. The molecule has 2 fully saturated rings. The fraction of sp³-hybridized carbons (Fsp3) is 0.318. The van der Waals surface area contributed by atoms with Crippen molar-refractivity contribution in [2.45, 2.75) is 6.61 Å². The predicted octanol–water partition coefficient (Wildman–Crippen LogP) is 2.82. The van der Waals surface area contributed by atoms with Gasteiger partial charge in [-0.3, -0.25) is 9.89 Å². The summed E-state index contributed by atoms with van der Waals surface area (Å²) in [4.78, 5) is 29.0. The molecule has 1 aromatic heterocycles. The van der Waals surface area contributed by atoms with E-state index < -0.39 is 6.09 Å². The SMILES string of the molecule is N#Cc1cc(Cl)cc(COC(=O)N2CC3CN(C(=O)c4ccc5[nH]nnc5c4)CC3C2)c1. The normalized spacial score (nSPS) is 19.8. The number of carbonyl (C=O) groups is 2. The van der Waals surface area contributed by atoms with Crippen LogP contribution in [0.3, 0.4) is 0 Å². The van der Waals surface area contributed by atoms with Gasteiger partial charge in [-0.2, -0.15) is 5.26 Å². The number of carbonyl (C=O) groups excluding carboxylic acids is 2. The molecule has 0 radical (unpaired) electrons. The number of benzene rings is 2. The zero-order valence-electron chi connectivity index (χ0n) is 17.0. The van der Waals surface area contributed by atoms with Gasteiger partial charge in [0.15, 0.2) is 0 Å². The summed E-state index contributed by atoms with van der Waals surface area (Å²) in [6.45, 7) is 2.35. The smallest absolute Gasteiger partial charge is 0.410 e. The summed E-state index contributed by atoms with van der Waals surface area (Å²) in [7, 11) is 0. The summed E-state index contributed by atoms with van der Waals surface area (Å²) in [5.74, 6) is 0.407. The number of aromatic nitrogens is 3. The number of halogens is 1. The molecule has 10 heteroatoms. The molecule has 2 unspecified atom stereocenters. The fourth-order valence-electron chi connectivity index (χ4n) is 4.50. The summed E-state index contributed by atoms with van der Waals surface area (Å²) in [6.07, 6.45) is -0.396. The van der Waals surface area contributed by atoms with E-state index >= 15 is 0 Å². The number of likely N-dealkylation sites (tertiary alicyclic amines) is 2. The Balaban J connectivity index is 1.16. The zero-order valence-corrected chi connectivity index (χ0v) is 17.7. The molecule has 0 saturated carbocycles. The van der Waals surface area contributed by atoms with Crippen LogP contribution in [-0.2, 0) is 11.3 Å². The molecule has 3 heterocycles. The topological polar surface area (TPSA) is 115 Å². The second-order valence-corrected chi connectivity index (χ2v) is 8.63. The van der Waals surface area contributed by atoms with Crippen molar-refractivity contribution in [2.24, 2.45) is 11.8 Å². The van der Waals surface area contributed by atoms with Gasteiger partial charge in [0.25, 0.3) is 5.91 Å². The van der Waals surface area contributed by atoms with Crippen LogP contribution >= 0.6 is 11.6 Å². The maximum absolute atomic E-state index is 12.9. The number of ether oxygens (including phenoxy) is 1. The molecule has 0 spiro atoms. The van der Waals surface area contributed by atoms with Gasteiger partial charge in [0.2, 0.25) is 0 Å². The molecule has 2 aromatic carbocycles. The molecule has 1 N–H and O–H groups in total. The molecular formula is C22H19ClN6O3. The highest BCUT2D eigenvalue weighted by Crippen LogP contribution is 2.32. The average molecular weight is 451 g/mol. The summed E-state index contributed by atoms with van der Waals surface area (Å²) in [6, 6.07) is 12.2. The van der Waals surface area contributed by atoms with Crippen LogP contribution in [0, 0.1) is 23.2 Å². The lowest BCUT2D eigenvalue weighted by Gasteiger charge is -2.21. The van der Waals surface area contributed by atoms with Crippen LogP contribution in [0.4, 0.5) is 4.79 Å². The third-order valence-corrected chi connectivity index (χ3v) is 6.27. The van der Waals surface area contributed by atoms with Gasteiger partial charge in [0, 0.05) is 48.6 Å². The van der Waals surface area contributed by atoms with E-state index in [2.05, 4.69) is 15.4 Å². The molecule has 2 amide bonds. The van der Waals surface area contributed by atoms with Gasteiger partial charge in [-0.25, -0.2) is 4.79 Å². The Hall–Kier alpha value is -3.64. The molecule has 5 rings (SSSR count). The third kappa shape index (κ3) is 3.85. The van der Waals surface area contributed by atoms with Crippen molar-refractivity contribution in [3.63, 3.8) is 0 Å². The maximum atomic E-state index is 12.9. The van der Waals surface area contributed by atoms with Crippen LogP contribution in [0.15, 0.2) is 36.4 Å². The monoisotopic (exact) mass is 450 g/mol. The largest absolute Gasteiger partial charge is 0.445 e. The molecule has 2 aliphatic heterocycles. The molecule has 3 aromatic rings. The molecule has 2 aliphatic rings. The van der Waals surface area contributed by atoms with E-state index in [4.69, 9.17) is 21.6 Å². The van der Waals surface area contributed by atoms with Gasteiger partial charge in [-0.1, -0.05) is 16.8 Å². The van der Waals surface area contributed by atoms with Crippen molar-refractivity contribution in [1.82, 2.24) is 25.2 Å². The van der Waals surface area contributed by atoms with E-state index in [9.17, 15) is 9.59 Å². The Morgan fingerprint density at radius 3 is 2.62 bits per heavy atom. The Morgan fingerprint density at radius 1 is 1.12 bits per heavy atom. The number of nitrogens with zero attached hydrogens (tertiary/aromatic N) is 5. The Labute approximate surface area is 188 Å². The van der Waals surface area contributed by atoms with Gasteiger partial charge in [0.1, 0.15) is 12.1 Å². The first-order valence-corrected chi connectivity index (χ1v) is 10.6. The first kappa shape index (κ1) is 20.3. The standard InChI is InChI=1S/C22H19ClN6O3/c23-18-4-13(7-24)3-14(5-18)12-32-22(31)29-10-16-8-28(9-17(16)11-29)21(30)15-1-2-19-20(6-15)26-27-25-19/h1-6,16-17H,8-12H2,(H,25,26,27). The van der Waals surface area contributed by atoms with Crippen molar-refractivity contribution in [3.8, 4) is 6.07 Å². The minimum Gasteiger partial charge on any atom is -0.445 e. The minimum atomic E-state index is -0.396. The quantitative estimate of drug-likeness (QED) is 0.656. The molecule has 32 heavy (non-hydrogen) atoms. The third-order valence-electron chi connectivity index (χ3n) is 6.05. The zero-order chi connectivity index (χ0) is 22.2. The van der Waals surface area contributed by atoms with Crippen LogP contribution in [0.1, 0.15) is 21.5 Å². The van der Waals surface area contributed by atoms with Crippen molar-refractivity contribution >= 4 is 34.6 Å². The van der Waals surface area contributed by atoms with Crippen LogP contribution in [0.25, 0.3) is 11.0 Å². The van der Waals surface area contributed by atoms with E-state index in [0.29, 0.717) is 53.4 Å². The first-order valence-electron chi connectivity index (χ1n) is 10.2. The molecule has 0 bridgehead atoms. The average Bonchev–Trinajstić information content (AvgIpc) is 3.50. The molecule has 162 valence electrons. The number of amides is 2. The molecule has 9 nitrogen and oxygen atoms in total. The first-order chi connectivity index (χ1) is 15.5. The van der Waals surface area contributed by atoms with E-state index in [1.54, 1.807) is 41.3 Å². The number of aromatic amines is 1. The van der Waals surface area contributed by atoms with Crippen LogP contribution in [-0.4, -0.2) is 63.4 Å². The number of hydrogen-bond acceptors (Lipinski definition) is 6. The lowest BCUT2D eigenvalue weighted by molar-refractivity contribution is 0.0764. The maximum Gasteiger partial charge on any atom is 0.410 e. The molecule has 2 saturated heterocycles. The van der Waals surface area contributed by atoms with E-state index in [-0.39, 0.29) is 24.3 Å². The summed E-state index contributed by atoms with van der Waals surface area (Å²) >= 11 is 6.00. The van der Waals surface area contributed by atoms with E-state index in [1.165, 1.54) is 0 Å². The molecule has 0 aliphatic carbocycles. The Morgan fingerprint density at radius 2 is 1.88 bits per heavy atom. The number of rotatable bonds is 3. The fourth-order valence-corrected chi connectivity index (χ4v) is 4.76. The van der Waals surface area contributed by atoms with Crippen LogP contribution < -0.4 is 0 Å². The second-order valence-electron chi connectivity index (χ2n) is 8.19. The highest BCUT2D eigenvalue weighted by molar-refractivity contribution is 6.30. The summed E-state index contributed by atoms with van der Waals surface area (Å²) in [5.41, 5.74) is 3.12. The Bertz CT molecular complexity index is 1240. The summed E-state index contributed by atoms with van der Waals surface area (Å²) in [5, 5.41) is 20.0. The number of nitrogens with one attached hydrogen (secondary N) is 1. The Kier molecular flexibility index (Phi) is 5.15. The molecular weight excluding hydrogens is 432 g/mol. The van der Waals surface area contributed by atoms with Gasteiger partial charge in [-0.05, 0) is 42.0 Å². The van der Waals surface area contributed by atoms with Crippen molar-refractivity contribution in [1.29, 1.82) is 5.26 Å². The van der Waals surface area contributed by atoms with Crippen LogP contribution in [0.5, 0.6) is 0 Å². The number of hydrogen-bond donors (Lipinski definition) is 1. The number of fused-ring (bicyclic) bond motifs is 2. The lowest BCUT2D eigenvalue weighted by atomic mass is 10.0. The van der Waals surface area contributed by atoms with Gasteiger partial charge in [-0.15, -0.1) is 5.10 Å². The van der Waals surface area contributed by atoms with E-state index in [1.807, 2.05) is 11.0 Å². The lowest BCUT2D eigenvalue weighted by Crippen LogP contribution is -2.35. The van der Waals surface area contributed by atoms with Crippen molar-refractivity contribution in [2.75, 3.05) is 26.2 Å². The molecule has 2 atom stereocenters. The van der Waals surface area contributed by atoms with Gasteiger partial charge < -0.3 is 14.5 Å². The second kappa shape index (κ2) is 8.13. The van der Waals surface area contributed by atoms with E-state index in [0.717, 1.165) is 5.52 Å². The van der Waals surface area contributed by atoms with Crippen molar-refractivity contribution in [3.05, 3.63) is 58.1 Å². The highest BCUT2D eigenvalue weighted by atomic mass is 35.5. The van der Waals surface area contributed by atoms with Gasteiger partial charge >= 0.3 is 6.09 Å². The van der Waals surface area contributed by atoms with Crippen LogP contribution in [0.2, 0.25) is 5.02 Å².